The molecule has 0 radical (unpaired) electrons. The summed E-state index contributed by atoms with van der Waals surface area (Å²) in [6.07, 6.45) is 1.68. The van der Waals surface area contributed by atoms with Crippen LogP contribution in [0.3, 0.4) is 0 Å². The number of methoxy groups -OCH3 is 2. The van der Waals surface area contributed by atoms with Gasteiger partial charge in [0.1, 0.15) is 0 Å². The van der Waals surface area contributed by atoms with E-state index in [1.165, 1.54) is 0 Å². The normalized spacial score (nSPS) is 10.7. The summed E-state index contributed by atoms with van der Waals surface area (Å²) in [6, 6.07) is 3.72. The van der Waals surface area contributed by atoms with Crippen LogP contribution in [-0.2, 0) is 6.54 Å². The molecule has 1 aromatic carbocycles. The Hall–Kier alpha value is -2.24. The van der Waals surface area contributed by atoms with Crippen molar-refractivity contribution < 1.29 is 14.2 Å². The molecule has 1 heterocycles. The van der Waals surface area contributed by atoms with Gasteiger partial charge in [-0.15, -0.1) is 0 Å². The van der Waals surface area contributed by atoms with Crippen molar-refractivity contribution >= 4 is 10.9 Å². The summed E-state index contributed by atoms with van der Waals surface area (Å²) in [4.78, 5) is 17.2. The minimum atomic E-state index is -0.126. The molecule has 0 saturated carbocycles. The molecule has 0 unspecified atom stereocenters. The first-order valence-electron chi connectivity index (χ1n) is 7.45. The highest BCUT2D eigenvalue weighted by Crippen LogP contribution is 2.30. The smallest absolute Gasteiger partial charge is 0.299 e. The third kappa shape index (κ3) is 3.00. The maximum Gasteiger partial charge on any atom is 0.299 e. The number of hydrogen-bond acceptors (Lipinski definition) is 5. The lowest BCUT2D eigenvalue weighted by Crippen LogP contribution is -2.24. The average molecular weight is 306 g/mol. The van der Waals surface area contributed by atoms with E-state index >= 15 is 0 Å². The third-order valence-electron chi connectivity index (χ3n) is 3.31. The van der Waals surface area contributed by atoms with Crippen LogP contribution < -0.4 is 19.8 Å². The fourth-order valence-corrected chi connectivity index (χ4v) is 2.25. The van der Waals surface area contributed by atoms with Gasteiger partial charge >= 0.3 is 0 Å². The Kier molecular flexibility index (Phi) is 5.25. The van der Waals surface area contributed by atoms with Crippen molar-refractivity contribution in [2.45, 2.75) is 33.2 Å². The van der Waals surface area contributed by atoms with Crippen molar-refractivity contribution in [2.75, 3.05) is 20.8 Å². The van der Waals surface area contributed by atoms with Gasteiger partial charge in [-0.1, -0.05) is 13.8 Å². The van der Waals surface area contributed by atoms with Gasteiger partial charge in [-0.25, -0.2) is 0 Å². The SMILES string of the molecule is CCCOc1nc2cc(OC)c(OC)cc2c(=O)n1CCC. The Morgan fingerprint density at radius 1 is 1.09 bits per heavy atom. The van der Waals surface area contributed by atoms with Gasteiger partial charge in [0.2, 0.25) is 0 Å². The lowest BCUT2D eigenvalue weighted by molar-refractivity contribution is 0.272. The zero-order valence-electron chi connectivity index (χ0n) is 13.5. The van der Waals surface area contributed by atoms with E-state index in [4.69, 9.17) is 14.2 Å². The second kappa shape index (κ2) is 7.15. The molecular weight excluding hydrogens is 284 g/mol. The minimum Gasteiger partial charge on any atom is -0.493 e. The van der Waals surface area contributed by atoms with Gasteiger partial charge in [-0.2, -0.15) is 4.98 Å². The van der Waals surface area contributed by atoms with Gasteiger partial charge in [0, 0.05) is 12.6 Å². The highest BCUT2D eigenvalue weighted by Gasteiger charge is 2.15. The van der Waals surface area contributed by atoms with E-state index in [0.717, 1.165) is 12.8 Å². The molecule has 6 heteroatoms. The second-order valence-corrected chi connectivity index (χ2v) is 4.92. The van der Waals surface area contributed by atoms with E-state index in [9.17, 15) is 4.79 Å². The third-order valence-corrected chi connectivity index (χ3v) is 3.31. The number of hydrogen-bond donors (Lipinski definition) is 0. The molecule has 0 aliphatic carbocycles. The highest BCUT2D eigenvalue weighted by molar-refractivity contribution is 5.82. The lowest BCUT2D eigenvalue weighted by atomic mass is 10.2. The summed E-state index contributed by atoms with van der Waals surface area (Å²) in [5.41, 5.74) is 0.417. The van der Waals surface area contributed by atoms with E-state index < -0.39 is 0 Å². The van der Waals surface area contributed by atoms with Gasteiger partial charge in [0.15, 0.2) is 11.5 Å². The second-order valence-electron chi connectivity index (χ2n) is 4.92. The Morgan fingerprint density at radius 2 is 1.77 bits per heavy atom. The quantitative estimate of drug-likeness (QED) is 0.787. The number of rotatable bonds is 7. The maximum absolute atomic E-state index is 12.7. The highest BCUT2D eigenvalue weighted by atomic mass is 16.5. The Balaban J connectivity index is 2.69. The summed E-state index contributed by atoms with van der Waals surface area (Å²) >= 11 is 0. The molecular formula is C16H22N2O4. The molecule has 120 valence electrons. The van der Waals surface area contributed by atoms with Gasteiger partial charge in [-0.05, 0) is 18.9 Å². The Morgan fingerprint density at radius 3 is 2.36 bits per heavy atom. The zero-order valence-corrected chi connectivity index (χ0v) is 13.5. The van der Waals surface area contributed by atoms with Gasteiger partial charge < -0.3 is 14.2 Å². The van der Waals surface area contributed by atoms with Crippen molar-refractivity contribution in [3.63, 3.8) is 0 Å². The number of aromatic nitrogens is 2. The van der Waals surface area contributed by atoms with E-state index in [1.807, 2.05) is 13.8 Å². The predicted molar refractivity (Wildman–Crippen MR) is 85.2 cm³/mol. The fourth-order valence-electron chi connectivity index (χ4n) is 2.25. The van der Waals surface area contributed by atoms with Crippen LogP contribution in [0.1, 0.15) is 26.7 Å². The molecule has 0 aliphatic rings. The first kappa shape index (κ1) is 16.1. The molecule has 0 spiro atoms. The molecule has 0 fully saturated rings. The van der Waals surface area contributed by atoms with Crippen molar-refractivity contribution in [1.29, 1.82) is 0 Å². The van der Waals surface area contributed by atoms with Gasteiger partial charge in [0.05, 0.1) is 31.7 Å². The summed E-state index contributed by atoms with van der Waals surface area (Å²) in [7, 11) is 3.09. The lowest BCUT2D eigenvalue weighted by Gasteiger charge is -2.14. The number of fused-ring (bicyclic) bond motifs is 1. The molecule has 22 heavy (non-hydrogen) atoms. The molecule has 0 bridgehead atoms. The van der Waals surface area contributed by atoms with Crippen LogP contribution >= 0.6 is 0 Å². The predicted octanol–water partition coefficient (Wildman–Crippen LogP) is 2.61. The standard InChI is InChI=1S/C16H22N2O4/c1-5-7-18-15(19)11-9-13(20-3)14(21-4)10-12(11)17-16(18)22-8-6-2/h9-10H,5-8H2,1-4H3. The summed E-state index contributed by atoms with van der Waals surface area (Å²) in [5.74, 6) is 1.05. The first-order valence-corrected chi connectivity index (χ1v) is 7.45. The van der Waals surface area contributed by atoms with E-state index in [2.05, 4.69) is 4.98 Å². The number of benzene rings is 1. The van der Waals surface area contributed by atoms with Crippen molar-refractivity contribution in [2.24, 2.45) is 0 Å². The number of nitrogens with zero attached hydrogens (tertiary/aromatic N) is 2. The number of ether oxygens (including phenoxy) is 3. The molecule has 0 aliphatic heterocycles. The minimum absolute atomic E-state index is 0.126. The summed E-state index contributed by atoms with van der Waals surface area (Å²) in [6.45, 7) is 5.11. The van der Waals surface area contributed by atoms with Gasteiger partial charge in [-0.3, -0.25) is 9.36 Å². The van der Waals surface area contributed by atoms with Crippen LogP contribution in [0.25, 0.3) is 10.9 Å². The molecule has 0 amide bonds. The van der Waals surface area contributed by atoms with Crippen LogP contribution in [0, 0.1) is 0 Å². The van der Waals surface area contributed by atoms with E-state index in [-0.39, 0.29) is 5.56 Å². The zero-order chi connectivity index (χ0) is 16.1. The molecule has 0 saturated heterocycles. The maximum atomic E-state index is 12.7. The molecule has 0 N–H and O–H groups in total. The van der Waals surface area contributed by atoms with Crippen LogP contribution in [0.15, 0.2) is 16.9 Å². The van der Waals surface area contributed by atoms with Crippen molar-refractivity contribution in [3.05, 3.63) is 22.5 Å². The average Bonchev–Trinajstić information content (AvgIpc) is 2.54. The van der Waals surface area contributed by atoms with Crippen LogP contribution in [-0.4, -0.2) is 30.4 Å². The molecule has 1 aromatic heterocycles. The molecule has 2 rings (SSSR count). The van der Waals surface area contributed by atoms with Crippen LogP contribution in [0.2, 0.25) is 0 Å². The molecule has 2 aromatic rings. The molecule has 0 atom stereocenters. The Labute approximate surface area is 129 Å². The monoisotopic (exact) mass is 306 g/mol. The van der Waals surface area contributed by atoms with Gasteiger partial charge in [0.25, 0.3) is 11.6 Å². The van der Waals surface area contributed by atoms with E-state index in [1.54, 1.807) is 30.9 Å². The fraction of sp³-hybridized carbons (Fsp3) is 0.500. The summed E-state index contributed by atoms with van der Waals surface area (Å²) < 4.78 is 17.7. The van der Waals surface area contributed by atoms with Crippen molar-refractivity contribution in [3.8, 4) is 17.5 Å². The topological polar surface area (TPSA) is 62.6 Å². The molecule has 6 nitrogen and oxygen atoms in total. The van der Waals surface area contributed by atoms with Crippen LogP contribution in [0.4, 0.5) is 0 Å². The Bertz CT molecular complexity index is 709. The summed E-state index contributed by atoms with van der Waals surface area (Å²) in [5, 5.41) is 0.495. The van der Waals surface area contributed by atoms with E-state index in [0.29, 0.717) is 41.6 Å². The van der Waals surface area contributed by atoms with Crippen LogP contribution in [0.5, 0.6) is 17.5 Å². The largest absolute Gasteiger partial charge is 0.493 e. The first-order chi connectivity index (χ1) is 10.7. The van der Waals surface area contributed by atoms with Crippen molar-refractivity contribution in [1.82, 2.24) is 9.55 Å².